The molecule has 0 saturated carbocycles. The van der Waals surface area contributed by atoms with Crippen LogP contribution in [0, 0.1) is 0 Å². The number of hydrogen-bond donors (Lipinski definition) is 0. The van der Waals surface area contributed by atoms with Gasteiger partial charge in [-0.1, -0.05) is 91.0 Å². The Kier molecular flexibility index (Phi) is 4.11. The third-order valence-corrected chi connectivity index (χ3v) is 6.35. The molecule has 3 aromatic heterocycles. The lowest BCUT2D eigenvalue weighted by molar-refractivity contribution is 1.04. The van der Waals surface area contributed by atoms with Crippen LogP contribution in [-0.2, 0) is 0 Å². The Morgan fingerprint density at radius 2 is 1.12 bits per heavy atom. The number of para-hydroxylation sites is 3. The molecule has 0 N–H and O–H groups in total. The second-order valence-corrected chi connectivity index (χ2v) is 8.36. The number of rotatable bonds is 3. The van der Waals surface area contributed by atoms with Crippen LogP contribution in [0.15, 0.2) is 121 Å². The quantitative estimate of drug-likeness (QED) is 0.295. The highest BCUT2D eigenvalue weighted by atomic mass is 15.2. The molecule has 0 amide bonds. The highest BCUT2D eigenvalue weighted by molar-refractivity contribution is 5.98. The first-order valence-corrected chi connectivity index (χ1v) is 11.4. The number of benzene rings is 4. The number of hydrogen-bond acceptors (Lipinski definition) is 2. The molecule has 0 bridgehead atoms. The van der Waals surface area contributed by atoms with Crippen molar-refractivity contribution in [3.8, 4) is 28.2 Å². The minimum Gasteiger partial charge on any atom is -0.276 e. The van der Waals surface area contributed by atoms with Gasteiger partial charge in [0.15, 0.2) is 0 Å². The molecule has 0 aliphatic carbocycles. The van der Waals surface area contributed by atoms with Gasteiger partial charge < -0.3 is 0 Å². The van der Waals surface area contributed by atoms with Gasteiger partial charge in [0.05, 0.1) is 27.8 Å². The van der Waals surface area contributed by atoms with Crippen molar-refractivity contribution in [1.29, 1.82) is 0 Å². The van der Waals surface area contributed by atoms with Crippen LogP contribution >= 0.6 is 0 Å². The van der Waals surface area contributed by atoms with Crippen molar-refractivity contribution < 1.29 is 0 Å². The van der Waals surface area contributed by atoms with Gasteiger partial charge in [-0.15, -0.1) is 0 Å². The first kappa shape index (κ1) is 18.8. The van der Waals surface area contributed by atoms with Gasteiger partial charge in [0.25, 0.3) is 0 Å². The van der Waals surface area contributed by atoms with E-state index >= 15 is 0 Å². The van der Waals surface area contributed by atoms with E-state index in [4.69, 9.17) is 9.97 Å². The van der Waals surface area contributed by atoms with Crippen molar-refractivity contribution in [3.05, 3.63) is 121 Å². The molecular formula is C30H20N4. The molecule has 0 atom stereocenters. The van der Waals surface area contributed by atoms with Crippen LogP contribution in [0.2, 0.25) is 0 Å². The van der Waals surface area contributed by atoms with Crippen LogP contribution in [0.4, 0.5) is 0 Å². The van der Waals surface area contributed by atoms with Crippen molar-refractivity contribution >= 4 is 27.8 Å². The minimum atomic E-state index is 0.851. The Bertz CT molecular complexity index is 1790. The Balaban J connectivity index is 1.55. The van der Waals surface area contributed by atoms with Gasteiger partial charge in [0.2, 0.25) is 5.78 Å². The zero-order valence-corrected chi connectivity index (χ0v) is 18.3. The number of aromatic nitrogens is 4. The van der Waals surface area contributed by atoms with E-state index in [1.54, 1.807) is 0 Å². The molecule has 3 heterocycles. The molecule has 34 heavy (non-hydrogen) atoms. The van der Waals surface area contributed by atoms with Gasteiger partial charge in [-0.05, 0) is 35.9 Å². The maximum absolute atomic E-state index is 5.19. The monoisotopic (exact) mass is 436 g/mol. The van der Waals surface area contributed by atoms with E-state index in [0.29, 0.717) is 0 Å². The standard InChI is InChI=1S/C30H20N4/c1-3-11-21(12-4-1)23-15-9-19-27-29(23)32-30-33(27)25-17-7-8-18-26(25)34(30)28-20-10-16-24(31-28)22-13-5-2-6-14-22/h1-20H. The van der Waals surface area contributed by atoms with Crippen LogP contribution in [0.25, 0.3) is 56.0 Å². The van der Waals surface area contributed by atoms with E-state index in [9.17, 15) is 0 Å². The van der Waals surface area contributed by atoms with Gasteiger partial charge in [-0.3, -0.25) is 8.97 Å². The SMILES string of the molecule is c1ccc(-c2cccc(-n3c4ccccc4n4c5cccc(-c6ccccc6)c5nc34)n2)cc1. The second kappa shape index (κ2) is 7.42. The van der Waals surface area contributed by atoms with Gasteiger partial charge in [0, 0.05) is 11.1 Å². The molecular weight excluding hydrogens is 416 g/mol. The molecule has 7 rings (SSSR count). The van der Waals surface area contributed by atoms with Crippen molar-refractivity contribution in [2.75, 3.05) is 0 Å². The van der Waals surface area contributed by atoms with Gasteiger partial charge in [-0.25, -0.2) is 9.97 Å². The van der Waals surface area contributed by atoms with E-state index < -0.39 is 0 Å². The zero-order chi connectivity index (χ0) is 22.5. The van der Waals surface area contributed by atoms with E-state index in [-0.39, 0.29) is 0 Å². The van der Waals surface area contributed by atoms with Crippen LogP contribution in [0.3, 0.4) is 0 Å². The number of imidazole rings is 2. The summed E-state index contributed by atoms with van der Waals surface area (Å²) in [4.78, 5) is 10.2. The van der Waals surface area contributed by atoms with Crippen molar-refractivity contribution in [1.82, 2.24) is 18.9 Å². The van der Waals surface area contributed by atoms with Gasteiger partial charge in [0.1, 0.15) is 5.82 Å². The smallest absolute Gasteiger partial charge is 0.221 e. The molecule has 4 heteroatoms. The van der Waals surface area contributed by atoms with Crippen molar-refractivity contribution in [2.24, 2.45) is 0 Å². The third-order valence-electron chi connectivity index (χ3n) is 6.35. The molecule has 0 spiro atoms. The largest absolute Gasteiger partial charge is 0.276 e. The van der Waals surface area contributed by atoms with E-state index in [0.717, 1.165) is 56.0 Å². The van der Waals surface area contributed by atoms with Gasteiger partial charge >= 0.3 is 0 Å². The van der Waals surface area contributed by atoms with Crippen molar-refractivity contribution in [2.45, 2.75) is 0 Å². The molecule has 0 fully saturated rings. The van der Waals surface area contributed by atoms with Gasteiger partial charge in [-0.2, -0.15) is 0 Å². The summed E-state index contributed by atoms with van der Waals surface area (Å²) < 4.78 is 4.41. The Hall–Kier alpha value is -4.70. The summed E-state index contributed by atoms with van der Waals surface area (Å²) in [6.45, 7) is 0. The van der Waals surface area contributed by atoms with Crippen LogP contribution < -0.4 is 0 Å². The first-order chi connectivity index (χ1) is 16.9. The fourth-order valence-electron chi connectivity index (χ4n) is 4.82. The van der Waals surface area contributed by atoms with Crippen LogP contribution in [0.1, 0.15) is 0 Å². The number of pyridine rings is 1. The minimum absolute atomic E-state index is 0.851. The highest BCUT2D eigenvalue weighted by Gasteiger charge is 2.19. The molecule has 0 unspecified atom stereocenters. The molecule has 0 aliphatic heterocycles. The summed E-state index contributed by atoms with van der Waals surface area (Å²) in [5.41, 5.74) is 8.59. The average molecular weight is 437 g/mol. The number of nitrogens with zero attached hydrogens (tertiary/aromatic N) is 4. The predicted molar refractivity (Wildman–Crippen MR) is 138 cm³/mol. The molecule has 4 aromatic carbocycles. The molecule has 0 aliphatic rings. The summed E-state index contributed by atoms with van der Waals surface area (Å²) in [6, 6.07) is 41.7. The fourth-order valence-corrected chi connectivity index (χ4v) is 4.82. The van der Waals surface area contributed by atoms with E-state index in [2.05, 4.69) is 106 Å². The normalized spacial score (nSPS) is 11.5. The van der Waals surface area contributed by atoms with Crippen LogP contribution in [-0.4, -0.2) is 18.9 Å². The average Bonchev–Trinajstić information content (AvgIpc) is 3.44. The van der Waals surface area contributed by atoms with E-state index in [1.807, 2.05) is 24.3 Å². The highest BCUT2D eigenvalue weighted by Crippen LogP contribution is 2.33. The summed E-state index contributed by atoms with van der Waals surface area (Å²) >= 11 is 0. The second-order valence-electron chi connectivity index (χ2n) is 8.36. The third kappa shape index (κ3) is 2.79. The summed E-state index contributed by atoms with van der Waals surface area (Å²) in [5.74, 6) is 1.71. The molecule has 0 radical (unpaired) electrons. The summed E-state index contributed by atoms with van der Waals surface area (Å²) in [7, 11) is 0. The topological polar surface area (TPSA) is 35.1 Å². The Morgan fingerprint density at radius 1 is 0.471 bits per heavy atom. The van der Waals surface area contributed by atoms with Crippen LogP contribution in [0.5, 0.6) is 0 Å². The van der Waals surface area contributed by atoms with Crippen molar-refractivity contribution in [3.63, 3.8) is 0 Å². The Labute approximate surface area is 196 Å². The lowest BCUT2D eigenvalue weighted by Gasteiger charge is -2.07. The lowest BCUT2D eigenvalue weighted by atomic mass is 10.0. The lowest BCUT2D eigenvalue weighted by Crippen LogP contribution is -1.99. The first-order valence-electron chi connectivity index (χ1n) is 11.4. The molecule has 4 nitrogen and oxygen atoms in total. The fraction of sp³-hybridized carbons (Fsp3) is 0. The van der Waals surface area contributed by atoms with E-state index in [1.165, 1.54) is 0 Å². The molecule has 0 saturated heterocycles. The predicted octanol–water partition coefficient (Wildman–Crippen LogP) is 7.16. The maximum atomic E-state index is 5.19. The Morgan fingerprint density at radius 3 is 1.91 bits per heavy atom. The molecule has 7 aromatic rings. The summed E-state index contributed by atoms with van der Waals surface area (Å²) in [6.07, 6.45) is 0. The zero-order valence-electron chi connectivity index (χ0n) is 18.3. The maximum Gasteiger partial charge on any atom is 0.221 e. The number of fused-ring (bicyclic) bond motifs is 5. The molecule has 160 valence electrons. The summed E-state index contributed by atoms with van der Waals surface area (Å²) in [5, 5.41) is 0.